The van der Waals surface area contributed by atoms with Gasteiger partial charge in [-0.05, 0) is 69.8 Å². The molecule has 5 N–H and O–H groups in total. The van der Waals surface area contributed by atoms with Gasteiger partial charge in [-0.25, -0.2) is 9.97 Å². The second kappa shape index (κ2) is 18.8. The van der Waals surface area contributed by atoms with E-state index in [4.69, 9.17) is 16.3 Å². The van der Waals surface area contributed by atoms with E-state index in [1.807, 2.05) is 6.92 Å². The highest BCUT2D eigenvalue weighted by Crippen LogP contribution is 2.31. The van der Waals surface area contributed by atoms with Crippen LogP contribution in [0.5, 0.6) is 6.01 Å². The molecule has 1 aliphatic heterocycles. The molecule has 2 aromatic rings. The second-order valence-corrected chi connectivity index (χ2v) is 17.4. The predicted molar refractivity (Wildman–Crippen MR) is 214 cm³/mol. The number of aryl methyl sites for hydroxylation is 1. The van der Waals surface area contributed by atoms with Crippen LogP contribution in [-0.4, -0.2) is 104 Å². The van der Waals surface area contributed by atoms with E-state index in [9.17, 15) is 33.6 Å². The third-order valence-corrected chi connectivity index (χ3v) is 11.4. The number of aromatic nitrogens is 3. The lowest BCUT2D eigenvalue weighted by Crippen LogP contribution is -2.62. The van der Waals surface area contributed by atoms with Crippen molar-refractivity contribution in [1.29, 1.82) is 0 Å². The molecule has 316 valence electrons. The first-order chi connectivity index (χ1) is 27.4. The molecule has 17 heteroatoms. The van der Waals surface area contributed by atoms with Gasteiger partial charge in [0.1, 0.15) is 29.9 Å². The summed E-state index contributed by atoms with van der Waals surface area (Å²) in [5.41, 5.74) is 0.742. The third kappa shape index (κ3) is 10.8. The SMILES string of the molecule is CCC[C@H](NC(=O)[C@@H]1C[C@@H](Oc2ncc(Cl)cn2)CN1C(=O)[C@@H](NC(=O)[C@@H](NC(=O)c1[nH]c(C)c(C)c1C(C)=O)C1CCCCC1)C(C)(C)C)C(=O)C(=O)NC1CC1. The number of hydrogen-bond acceptors (Lipinski definition) is 10. The lowest BCUT2D eigenvalue weighted by atomic mass is 9.82. The first-order valence-electron chi connectivity index (χ1n) is 20.3. The zero-order chi connectivity index (χ0) is 42.5. The lowest BCUT2D eigenvalue weighted by Gasteiger charge is -2.37. The van der Waals surface area contributed by atoms with Crippen LogP contribution in [0.1, 0.15) is 131 Å². The molecule has 0 aromatic carbocycles. The van der Waals surface area contributed by atoms with Crippen molar-refractivity contribution in [2.24, 2.45) is 11.3 Å². The highest BCUT2D eigenvalue weighted by molar-refractivity contribution is 6.38. The van der Waals surface area contributed by atoms with Crippen LogP contribution in [0.15, 0.2) is 12.4 Å². The zero-order valence-corrected chi connectivity index (χ0v) is 35.2. The Bertz CT molecular complexity index is 1880. The van der Waals surface area contributed by atoms with E-state index < -0.39 is 71.0 Å². The first kappa shape index (κ1) is 44.2. The maximum absolute atomic E-state index is 14.8. The first-order valence-corrected chi connectivity index (χ1v) is 20.7. The van der Waals surface area contributed by atoms with Gasteiger partial charge in [-0.15, -0.1) is 0 Å². The number of hydrogen-bond donors (Lipinski definition) is 5. The number of carbonyl (C=O) groups excluding carboxylic acids is 7. The molecule has 0 spiro atoms. The summed E-state index contributed by atoms with van der Waals surface area (Å²) in [7, 11) is 0. The molecule has 3 heterocycles. The van der Waals surface area contributed by atoms with E-state index >= 15 is 0 Å². The van der Waals surface area contributed by atoms with Crippen molar-refractivity contribution in [3.05, 3.63) is 39.9 Å². The quantitative estimate of drug-likeness (QED) is 0.122. The molecule has 2 aliphatic carbocycles. The van der Waals surface area contributed by atoms with Gasteiger partial charge in [0.05, 0.1) is 35.6 Å². The van der Waals surface area contributed by atoms with Crippen LogP contribution >= 0.6 is 11.6 Å². The number of amides is 5. The summed E-state index contributed by atoms with van der Waals surface area (Å²) in [5.74, 6) is -4.48. The Morgan fingerprint density at radius 1 is 0.966 bits per heavy atom. The van der Waals surface area contributed by atoms with E-state index in [2.05, 4.69) is 36.2 Å². The number of ether oxygens (including phenoxy) is 1. The summed E-state index contributed by atoms with van der Waals surface area (Å²) < 4.78 is 6.02. The van der Waals surface area contributed by atoms with E-state index in [0.29, 0.717) is 30.5 Å². The molecule has 1 saturated heterocycles. The minimum Gasteiger partial charge on any atom is -0.458 e. The molecule has 0 bridgehead atoms. The minimum atomic E-state index is -1.19. The van der Waals surface area contributed by atoms with Crippen molar-refractivity contribution in [3.63, 3.8) is 0 Å². The fraction of sp³-hybridized carbons (Fsp3) is 0.634. The zero-order valence-electron chi connectivity index (χ0n) is 34.5. The van der Waals surface area contributed by atoms with E-state index in [0.717, 1.165) is 32.1 Å². The average Bonchev–Trinajstić information content (AvgIpc) is 3.80. The number of aromatic amines is 1. The molecule has 3 fully saturated rings. The largest absolute Gasteiger partial charge is 0.458 e. The molecule has 2 saturated carbocycles. The molecule has 5 rings (SSSR count). The van der Waals surface area contributed by atoms with Crippen LogP contribution in [0.3, 0.4) is 0 Å². The van der Waals surface area contributed by atoms with Gasteiger partial charge in [-0.3, -0.25) is 33.6 Å². The number of nitrogens with one attached hydrogen (secondary N) is 5. The van der Waals surface area contributed by atoms with Crippen LogP contribution in [-0.2, 0) is 24.0 Å². The number of nitrogens with zero attached hydrogens (tertiary/aromatic N) is 3. The molecule has 0 radical (unpaired) electrons. The van der Waals surface area contributed by atoms with Crippen molar-refractivity contribution in [3.8, 4) is 6.01 Å². The monoisotopic (exact) mass is 824 g/mol. The van der Waals surface area contributed by atoms with Gasteiger partial charge in [0.2, 0.25) is 23.5 Å². The summed E-state index contributed by atoms with van der Waals surface area (Å²) >= 11 is 5.97. The molecule has 5 amide bonds. The molecule has 0 unspecified atom stereocenters. The third-order valence-electron chi connectivity index (χ3n) is 11.2. The number of ketones is 2. The average molecular weight is 825 g/mol. The van der Waals surface area contributed by atoms with Gasteiger partial charge in [-0.2, -0.15) is 0 Å². The van der Waals surface area contributed by atoms with E-state index in [1.54, 1.807) is 34.6 Å². The number of H-pyrrole nitrogens is 1. The van der Waals surface area contributed by atoms with Crippen LogP contribution < -0.4 is 26.0 Å². The summed E-state index contributed by atoms with van der Waals surface area (Å²) in [6.45, 7) is 12.0. The summed E-state index contributed by atoms with van der Waals surface area (Å²) in [4.78, 5) is 108. The van der Waals surface area contributed by atoms with E-state index in [1.165, 1.54) is 24.2 Å². The fourth-order valence-corrected chi connectivity index (χ4v) is 7.90. The Morgan fingerprint density at radius 3 is 2.21 bits per heavy atom. The van der Waals surface area contributed by atoms with Crippen LogP contribution in [0.4, 0.5) is 0 Å². The Hall–Kier alpha value is -4.86. The second-order valence-electron chi connectivity index (χ2n) is 17.0. The highest BCUT2D eigenvalue weighted by Gasteiger charge is 2.47. The van der Waals surface area contributed by atoms with Crippen molar-refractivity contribution in [2.45, 2.75) is 149 Å². The molecule has 5 atom stereocenters. The van der Waals surface area contributed by atoms with Crippen LogP contribution in [0, 0.1) is 25.2 Å². The van der Waals surface area contributed by atoms with E-state index in [-0.39, 0.29) is 59.4 Å². The molecule has 3 aliphatic rings. The number of carbonyl (C=O) groups is 7. The Morgan fingerprint density at radius 2 is 1.62 bits per heavy atom. The summed E-state index contributed by atoms with van der Waals surface area (Å²) in [6.07, 6.45) is 8.25. The van der Waals surface area contributed by atoms with Gasteiger partial charge in [0, 0.05) is 18.2 Å². The van der Waals surface area contributed by atoms with Crippen molar-refractivity contribution in [1.82, 2.24) is 41.1 Å². The normalized spacial score (nSPS) is 20.0. The molecule has 58 heavy (non-hydrogen) atoms. The van der Waals surface area contributed by atoms with Crippen LogP contribution in [0.25, 0.3) is 0 Å². The topological polar surface area (TPSA) is 222 Å². The fourth-order valence-electron chi connectivity index (χ4n) is 7.81. The Labute approximate surface area is 344 Å². The summed E-state index contributed by atoms with van der Waals surface area (Å²) in [6, 6.07) is -4.59. The standard InChI is InChI=1S/C41H57ClN8O8/c1-8-12-28(33(52)38(56)46-26-15-16-26)47-35(53)29-17-27(58-40-43-18-25(42)19-44-40)20-50(29)39(57)34(41(5,6)7)49-36(54)31(24-13-10-9-11-14-24)48-37(55)32-30(23(4)51)21(2)22(3)45-32/h18-19,24,26-29,31,34,45H,8-17,20H2,1-7H3,(H,46,56)(H,47,53)(H,48,55)(H,49,54)/t27-,28+,29+,31+,34-/m1/s1. The molecule has 16 nitrogen and oxygen atoms in total. The predicted octanol–water partition coefficient (Wildman–Crippen LogP) is 3.67. The van der Waals surface area contributed by atoms with Gasteiger partial charge < -0.3 is 35.9 Å². The number of rotatable bonds is 16. The van der Waals surface area contributed by atoms with Gasteiger partial charge in [0.25, 0.3) is 11.8 Å². The summed E-state index contributed by atoms with van der Waals surface area (Å²) in [5, 5.41) is 11.6. The number of likely N-dealkylation sites (tertiary alicyclic amines) is 1. The number of Topliss-reactive ketones (excluding diaryl/α,β-unsaturated/α-hetero) is 2. The minimum absolute atomic E-state index is 0.0100. The lowest BCUT2D eigenvalue weighted by molar-refractivity contribution is -0.145. The maximum Gasteiger partial charge on any atom is 0.316 e. The maximum atomic E-state index is 14.8. The van der Waals surface area contributed by atoms with Gasteiger partial charge in [0.15, 0.2) is 5.78 Å². The Balaban J connectivity index is 1.42. The molecular formula is C41H57ClN8O8. The van der Waals surface area contributed by atoms with Gasteiger partial charge in [-0.1, -0.05) is 65.0 Å². The Kier molecular flexibility index (Phi) is 14.4. The van der Waals surface area contributed by atoms with Crippen molar-refractivity contribution in [2.75, 3.05) is 6.54 Å². The number of halogens is 1. The molecular weight excluding hydrogens is 768 g/mol. The smallest absolute Gasteiger partial charge is 0.316 e. The highest BCUT2D eigenvalue weighted by atomic mass is 35.5. The van der Waals surface area contributed by atoms with Crippen molar-refractivity contribution < 1.29 is 38.3 Å². The van der Waals surface area contributed by atoms with Crippen molar-refractivity contribution >= 4 is 52.7 Å². The van der Waals surface area contributed by atoms with Crippen LogP contribution in [0.2, 0.25) is 5.02 Å². The molecule has 2 aromatic heterocycles. The van der Waals surface area contributed by atoms with Gasteiger partial charge >= 0.3 is 6.01 Å².